The summed E-state index contributed by atoms with van der Waals surface area (Å²) in [5, 5.41) is 10.4. The summed E-state index contributed by atoms with van der Waals surface area (Å²) in [5.41, 5.74) is 3.06. The van der Waals surface area contributed by atoms with Crippen LogP contribution in [0.5, 0.6) is 11.5 Å². The summed E-state index contributed by atoms with van der Waals surface area (Å²) in [6, 6.07) is 10.6. The van der Waals surface area contributed by atoms with E-state index in [0.717, 1.165) is 16.6 Å². The number of aromatic nitrogens is 3. The smallest absolute Gasteiger partial charge is 0.294 e. The summed E-state index contributed by atoms with van der Waals surface area (Å²) in [6.45, 7) is 1.96. The minimum absolute atomic E-state index is 0.132. The van der Waals surface area contributed by atoms with Crippen molar-refractivity contribution >= 4 is 34.0 Å². The minimum Gasteiger partial charge on any atom is -0.493 e. The van der Waals surface area contributed by atoms with Crippen LogP contribution in [0.2, 0.25) is 0 Å². The zero-order valence-corrected chi connectivity index (χ0v) is 16.6. The molecule has 0 saturated carbocycles. The maximum atomic E-state index is 12.2. The zero-order chi connectivity index (χ0) is 21.1. The molecule has 2 aromatic heterocycles. The lowest BCUT2D eigenvalue weighted by Gasteiger charge is -2.14. The van der Waals surface area contributed by atoms with Crippen LogP contribution in [0.1, 0.15) is 16.1 Å². The number of fused-ring (bicyclic) bond motifs is 1. The molecule has 2 heterocycles. The van der Waals surface area contributed by atoms with Gasteiger partial charge in [0.05, 0.1) is 25.9 Å². The Morgan fingerprint density at radius 1 is 1.03 bits per heavy atom. The van der Waals surface area contributed by atoms with E-state index < -0.39 is 0 Å². The Labute approximate surface area is 172 Å². The highest BCUT2D eigenvalue weighted by atomic mass is 16.5. The SMILES string of the molecule is COc1cc2ncnc(Nc3cc(NC(=O)c4ccno4)ccc3C)c2cc1OC. The first-order valence-electron chi connectivity index (χ1n) is 9.05. The first kappa shape index (κ1) is 19.2. The van der Waals surface area contributed by atoms with Crippen molar-refractivity contribution in [3.63, 3.8) is 0 Å². The molecule has 0 saturated heterocycles. The molecule has 0 aliphatic carbocycles. The van der Waals surface area contributed by atoms with Crippen LogP contribution in [0.15, 0.2) is 53.4 Å². The number of ether oxygens (including phenoxy) is 2. The Balaban J connectivity index is 1.67. The van der Waals surface area contributed by atoms with Crippen LogP contribution >= 0.6 is 0 Å². The molecule has 0 spiro atoms. The summed E-state index contributed by atoms with van der Waals surface area (Å²) < 4.78 is 15.6. The monoisotopic (exact) mass is 405 g/mol. The molecule has 30 heavy (non-hydrogen) atoms. The number of nitrogens with zero attached hydrogens (tertiary/aromatic N) is 3. The fraction of sp³-hybridized carbons (Fsp3) is 0.143. The van der Waals surface area contributed by atoms with Crippen LogP contribution in [-0.4, -0.2) is 35.3 Å². The van der Waals surface area contributed by atoms with Gasteiger partial charge in [-0.25, -0.2) is 9.97 Å². The van der Waals surface area contributed by atoms with E-state index in [1.54, 1.807) is 26.4 Å². The van der Waals surface area contributed by atoms with E-state index in [1.165, 1.54) is 18.6 Å². The van der Waals surface area contributed by atoms with Gasteiger partial charge in [0.2, 0.25) is 5.76 Å². The van der Waals surface area contributed by atoms with E-state index >= 15 is 0 Å². The Bertz CT molecular complexity index is 1210. The van der Waals surface area contributed by atoms with Gasteiger partial charge in [-0.15, -0.1) is 0 Å². The summed E-state index contributed by atoms with van der Waals surface area (Å²) in [7, 11) is 3.15. The third-order valence-corrected chi connectivity index (χ3v) is 4.55. The maximum absolute atomic E-state index is 12.2. The van der Waals surface area contributed by atoms with Gasteiger partial charge in [-0.3, -0.25) is 4.79 Å². The van der Waals surface area contributed by atoms with Gasteiger partial charge in [-0.1, -0.05) is 11.2 Å². The van der Waals surface area contributed by atoms with Gasteiger partial charge in [0.25, 0.3) is 5.91 Å². The van der Waals surface area contributed by atoms with Crippen molar-refractivity contribution in [2.75, 3.05) is 24.9 Å². The molecule has 0 radical (unpaired) electrons. The second-order valence-electron chi connectivity index (χ2n) is 6.43. The molecule has 4 aromatic rings. The number of benzene rings is 2. The van der Waals surface area contributed by atoms with E-state index in [4.69, 9.17) is 14.0 Å². The van der Waals surface area contributed by atoms with Crippen LogP contribution in [0.25, 0.3) is 10.9 Å². The van der Waals surface area contributed by atoms with Gasteiger partial charge in [-0.2, -0.15) is 0 Å². The molecule has 2 N–H and O–H groups in total. The summed E-state index contributed by atoms with van der Waals surface area (Å²) in [4.78, 5) is 20.9. The highest BCUT2D eigenvalue weighted by Crippen LogP contribution is 2.35. The number of aryl methyl sites for hydroxylation is 1. The number of methoxy groups -OCH3 is 2. The average Bonchev–Trinajstić information content (AvgIpc) is 3.30. The second-order valence-corrected chi connectivity index (χ2v) is 6.43. The maximum Gasteiger partial charge on any atom is 0.294 e. The number of amides is 1. The van der Waals surface area contributed by atoms with Crippen molar-refractivity contribution < 1.29 is 18.8 Å². The van der Waals surface area contributed by atoms with Crippen LogP contribution in [0, 0.1) is 6.92 Å². The summed E-state index contributed by atoms with van der Waals surface area (Å²) >= 11 is 0. The predicted molar refractivity (Wildman–Crippen MR) is 112 cm³/mol. The topological polar surface area (TPSA) is 111 Å². The molecule has 2 aromatic carbocycles. The van der Waals surface area contributed by atoms with Crippen molar-refractivity contribution in [3.8, 4) is 11.5 Å². The summed E-state index contributed by atoms with van der Waals surface area (Å²) in [5.74, 6) is 1.51. The van der Waals surface area contributed by atoms with Gasteiger partial charge >= 0.3 is 0 Å². The van der Waals surface area contributed by atoms with Gasteiger partial charge < -0.3 is 24.6 Å². The number of rotatable bonds is 6. The van der Waals surface area contributed by atoms with Crippen molar-refractivity contribution in [3.05, 3.63) is 60.2 Å². The lowest BCUT2D eigenvalue weighted by molar-refractivity contribution is 0.0988. The zero-order valence-electron chi connectivity index (χ0n) is 16.6. The van der Waals surface area contributed by atoms with Crippen LogP contribution in [-0.2, 0) is 0 Å². The Kier molecular flexibility index (Phi) is 5.17. The molecule has 0 bridgehead atoms. The molecule has 0 unspecified atom stereocenters. The molecule has 4 rings (SSSR count). The molecule has 9 heteroatoms. The largest absolute Gasteiger partial charge is 0.493 e. The van der Waals surface area contributed by atoms with Crippen molar-refractivity contribution in [1.29, 1.82) is 0 Å². The van der Waals surface area contributed by atoms with E-state index in [9.17, 15) is 4.79 Å². The highest BCUT2D eigenvalue weighted by Gasteiger charge is 2.13. The minimum atomic E-state index is -0.383. The molecule has 9 nitrogen and oxygen atoms in total. The van der Waals surface area contributed by atoms with Crippen molar-refractivity contribution in [2.45, 2.75) is 6.92 Å². The molecule has 152 valence electrons. The number of anilines is 3. The summed E-state index contributed by atoms with van der Waals surface area (Å²) in [6.07, 6.45) is 2.89. The number of hydrogen-bond donors (Lipinski definition) is 2. The van der Waals surface area contributed by atoms with E-state index in [0.29, 0.717) is 28.5 Å². The number of carbonyl (C=O) groups is 1. The molecule has 0 fully saturated rings. The van der Waals surface area contributed by atoms with Crippen molar-refractivity contribution in [2.24, 2.45) is 0 Å². The Morgan fingerprint density at radius 2 is 1.83 bits per heavy atom. The van der Waals surface area contributed by atoms with Gasteiger partial charge in [0.15, 0.2) is 11.5 Å². The highest BCUT2D eigenvalue weighted by molar-refractivity contribution is 6.02. The fourth-order valence-electron chi connectivity index (χ4n) is 2.97. The van der Waals surface area contributed by atoms with E-state index in [1.807, 2.05) is 25.1 Å². The van der Waals surface area contributed by atoms with E-state index in [-0.39, 0.29) is 11.7 Å². The molecule has 0 aliphatic heterocycles. The molecular formula is C21H19N5O4. The van der Waals surface area contributed by atoms with Gasteiger partial charge in [0, 0.05) is 28.9 Å². The quantitative estimate of drug-likeness (QED) is 0.496. The third-order valence-electron chi connectivity index (χ3n) is 4.55. The second kappa shape index (κ2) is 8.08. The first-order chi connectivity index (χ1) is 14.6. The predicted octanol–water partition coefficient (Wildman–Crippen LogP) is 3.94. The lowest BCUT2D eigenvalue weighted by Crippen LogP contribution is -2.11. The first-order valence-corrected chi connectivity index (χ1v) is 9.05. The molecular weight excluding hydrogens is 386 g/mol. The molecule has 0 aliphatic rings. The number of nitrogens with one attached hydrogen (secondary N) is 2. The Hall–Kier alpha value is -4.14. The standard InChI is InChI=1S/C21H19N5O4/c1-12-4-5-13(25-21(27)17-6-7-24-30-17)8-15(12)26-20-14-9-18(28-2)19(29-3)10-16(14)22-11-23-20/h4-11H,1-3H3,(H,25,27)(H,22,23,26). The number of carbonyl (C=O) groups excluding carboxylic acids is 1. The van der Waals surface area contributed by atoms with Gasteiger partial charge in [-0.05, 0) is 30.7 Å². The lowest BCUT2D eigenvalue weighted by atomic mass is 10.1. The normalized spacial score (nSPS) is 10.6. The average molecular weight is 405 g/mol. The van der Waals surface area contributed by atoms with Gasteiger partial charge in [0.1, 0.15) is 12.1 Å². The van der Waals surface area contributed by atoms with Crippen molar-refractivity contribution in [1.82, 2.24) is 15.1 Å². The van der Waals surface area contributed by atoms with E-state index in [2.05, 4.69) is 25.8 Å². The third kappa shape index (κ3) is 3.72. The molecule has 1 amide bonds. The van der Waals surface area contributed by atoms with Crippen LogP contribution < -0.4 is 20.1 Å². The van der Waals surface area contributed by atoms with Crippen LogP contribution in [0.3, 0.4) is 0 Å². The van der Waals surface area contributed by atoms with Crippen LogP contribution in [0.4, 0.5) is 17.2 Å². The fourth-order valence-corrected chi connectivity index (χ4v) is 2.97. The number of hydrogen-bond acceptors (Lipinski definition) is 8. The molecule has 0 atom stereocenters. The Morgan fingerprint density at radius 3 is 2.57 bits per heavy atom.